The van der Waals surface area contributed by atoms with Crippen molar-refractivity contribution in [3.63, 3.8) is 0 Å². The van der Waals surface area contributed by atoms with Gasteiger partial charge >= 0.3 is 5.97 Å². The minimum absolute atomic E-state index is 0.114. The van der Waals surface area contributed by atoms with E-state index in [0.29, 0.717) is 0 Å². The minimum atomic E-state index is -1.05. The van der Waals surface area contributed by atoms with Crippen LogP contribution in [-0.4, -0.2) is 18.0 Å². The third-order valence-electron chi connectivity index (χ3n) is 4.49. The van der Waals surface area contributed by atoms with Gasteiger partial charge in [0.2, 0.25) is 0 Å². The molecule has 0 spiro atoms. The van der Waals surface area contributed by atoms with Crippen molar-refractivity contribution in [3.8, 4) is 0 Å². The number of rotatable bonds is 4. The summed E-state index contributed by atoms with van der Waals surface area (Å²) in [5.74, 6) is -2.08. The van der Waals surface area contributed by atoms with Crippen molar-refractivity contribution in [3.05, 3.63) is 70.0 Å². The van der Waals surface area contributed by atoms with Gasteiger partial charge in [-0.05, 0) is 55.5 Å². The first-order valence-corrected chi connectivity index (χ1v) is 8.87. The highest BCUT2D eigenvalue weighted by atomic mass is 35.5. The number of halogens is 2. The Kier molecular flexibility index (Phi) is 5.57. The van der Waals surface area contributed by atoms with E-state index in [1.165, 1.54) is 24.6 Å². The quantitative estimate of drug-likeness (QED) is 0.814. The van der Waals surface area contributed by atoms with E-state index in [0.717, 1.165) is 30.9 Å². The monoisotopic (exact) mass is 375 g/mol. The Labute approximate surface area is 156 Å². The maximum atomic E-state index is 13.7. The summed E-state index contributed by atoms with van der Waals surface area (Å²) in [5, 5.41) is 3.14. The fourth-order valence-electron chi connectivity index (χ4n) is 3.12. The van der Waals surface area contributed by atoms with Gasteiger partial charge in [0.05, 0.1) is 11.6 Å². The van der Waals surface area contributed by atoms with E-state index in [4.69, 9.17) is 16.3 Å². The van der Waals surface area contributed by atoms with E-state index in [-0.39, 0.29) is 16.6 Å². The van der Waals surface area contributed by atoms with Crippen molar-refractivity contribution in [2.24, 2.45) is 0 Å². The van der Waals surface area contributed by atoms with Crippen LogP contribution in [0.5, 0.6) is 0 Å². The van der Waals surface area contributed by atoms with Crippen LogP contribution in [0.4, 0.5) is 4.39 Å². The first-order valence-electron chi connectivity index (χ1n) is 8.50. The molecular formula is C20H19ClFNO3. The Bertz CT molecular complexity index is 840. The van der Waals surface area contributed by atoms with E-state index in [1.807, 2.05) is 18.2 Å². The topological polar surface area (TPSA) is 55.4 Å². The molecule has 0 aromatic heterocycles. The van der Waals surface area contributed by atoms with Crippen LogP contribution in [0.15, 0.2) is 42.5 Å². The first-order chi connectivity index (χ1) is 12.5. The highest BCUT2D eigenvalue weighted by Gasteiger charge is 2.26. The second kappa shape index (κ2) is 7.87. The third kappa shape index (κ3) is 4.05. The van der Waals surface area contributed by atoms with Crippen LogP contribution in [0.1, 0.15) is 47.3 Å². The lowest BCUT2D eigenvalue weighted by atomic mass is 9.87. The van der Waals surface area contributed by atoms with Crippen LogP contribution in [0, 0.1) is 5.82 Å². The van der Waals surface area contributed by atoms with Crippen LogP contribution in [-0.2, 0) is 16.0 Å². The Hall–Kier alpha value is -2.40. The van der Waals surface area contributed by atoms with E-state index in [2.05, 4.69) is 11.4 Å². The molecule has 2 atom stereocenters. The number of aryl methyl sites for hydroxylation is 1. The molecule has 2 aromatic rings. The van der Waals surface area contributed by atoms with Crippen LogP contribution in [0.25, 0.3) is 0 Å². The maximum absolute atomic E-state index is 13.7. The van der Waals surface area contributed by atoms with Gasteiger partial charge in [-0.25, -0.2) is 9.18 Å². The standard InChI is InChI=1S/C20H19ClFNO3/c1-12(26-20(25)16-11-14(21)9-10-17(16)22)19(24)23-18-8-4-6-13-5-2-3-7-15(13)18/h2-3,5,7,9-12,18H,4,6,8H2,1H3,(H,23,24)/t12-,18+/m0/s1. The highest BCUT2D eigenvalue weighted by molar-refractivity contribution is 6.30. The van der Waals surface area contributed by atoms with Crippen LogP contribution in [0.3, 0.4) is 0 Å². The number of carbonyl (C=O) groups excluding carboxylic acids is 2. The predicted molar refractivity (Wildman–Crippen MR) is 96.6 cm³/mol. The Morgan fingerprint density at radius 3 is 2.85 bits per heavy atom. The van der Waals surface area contributed by atoms with Crippen molar-refractivity contribution >= 4 is 23.5 Å². The molecule has 4 nitrogen and oxygen atoms in total. The van der Waals surface area contributed by atoms with Crippen LogP contribution in [0.2, 0.25) is 5.02 Å². The van der Waals surface area contributed by atoms with Crippen LogP contribution >= 0.6 is 11.6 Å². The molecule has 1 aliphatic rings. The van der Waals surface area contributed by atoms with Crippen molar-refractivity contribution in [2.45, 2.75) is 38.3 Å². The van der Waals surface area contributed by atoms with E-state index in [9.17, 15) is 14.0 Å². The summed E-state index contributed by atoms with van der Waals surface area (Å²) >= 11 is 5.78. The summed E-state index contributed by atoms with van der Waals surface area (Å²) < 4.78 is 18.9. The summed E-state index contributed by atoms with van der Waals surface area (Å²) in [6.07, 6.45) is 1.74. The fourth-order valence-corrected chi connectivity index (χ4v) is 3.30. The number of hydrogen-bond donors (Lipinski definition) is 1. The van der Waals surface area contributed by atoms with Gasteiger partial charge in [0.25, 0.3) is 5.91 Å². The Morgan fingerprint density at radius 2 is 2.04 bits per heavy atom. The van der Waals surface area contributed by atoms with E-state index >= 15 is 0 Å². The number of benzene rings is 2. The molecule has 0 fully saturated rings. The van der Waals surface area contributed by atoms with E-state index < -0.39 is 23.8 Å². The van der Waals surface area contributed by atoms with Gasteiger partial charge < -0.3 is 10.1 Å². The SMILES string of the molecule is C[C@H](OC(=O)c1cc(Cl)ccc1F)C(=O)N[C@@H]1CCCc2ccccc21. The summed E-state index contributed by atoms with van der Waals surface area (Å²) in [5.41, 5.74) is 2.02. The molecule has 0 saturated heterocycles. The number of amides is 1. The lowest BCUT2D eigenvalue weighted by molar-refractivity contribution is -0.130. The largest absolute Gasteiger partial charge is 0.449 e. The molecule has 3 rings (SSSR count). The summed E-state index contributed by atoms with van der Waals surface area (Å²) in [4.78, 5) is 24.6. The van der Waals surface area contributed by atoms with Gasteiger partial charge in [0.1, 0.15) is 5.82 Å². The molecule has 0 unspecified atom stereocenters. The summed E-state index contributed by atoms with van der Waals surface area (Å²) in [7, 11) is 0. The number of carbonyl (C=O) groups is 2. The van der Waals surface area contributed by atoms with Gasteiger partial charge in [0, 0.05) is 5.02 Å². The molecule has 0 bridgehead atoms. The molecule has 0 saturated carbocycles. The number of hydrogen-bond acceptors (Lipinski definition) is 3. The van der Waals surface area contributed by atoms with Gasteiger partial charge in [-0.2, -0.15) is 0 Å². The van der Waals surface area contributed by atoms with Crippen molar-refractivity contribution in [1.29, 1.82) is 0 Å². The van der Waals surface area contributed by atoms with E-state index in [1.54, 1.807) is 0 Å². The molecule has 2 aromatic carbocycles. The van der Waals surface area contributed by atoms with Gasteiger partial charge in [-0.3, -0.25) is 4.79 Å². The lowest BCUT2D eigenvalue weighted by Gasteiger charge is -2.27. The van der Waals surface area contributed by atoms with Gasteiger partial charge in [-0.1, -0.05) is 35.9 Å². The molecule has 6 heteroatoms. The Morgan fingerprint density at radius 1 is 1.27 bits per heavy atom. The number of ether oxygens (including phenoxy) is 1. The highest BCUT2D eigenvalue weighted by Crippen LogP contribution is 2.29. The zero-order valence-electron chi connectivity index (χ0n) is 14.3. The first kappa shape index (κ1) is 18.4. The number of nitrogens with one attached hydrogen (secondary N) is 1. The molecule has 0 radical (unpaired) electrons. The van der Waals surface area contributed by atoms with Crippen molar-refractivity contribution < 1.29 is 18.7 Å². The molecule has 136 valence electrons. The molecule has 1 N–H and O–H groups in total. The molecular weight excluding hydrogens is 357 g/mol. The van der Waals surface area contributed by atoms with Gasteiger partial charge in [0.15, 0.2) is 6.10 Å². The average Bonchev–Trinajstić information content (AvgIpc) is 2.63. The molecule has 1 aliphatic carbocycles. The maximum Gasteiger partial charge on any atom is 0.341 e. The predicted octanol–water partition coefficient (Wildman–Crippen LogP) is 4.22. The zero-order valence-corrected chi connectivity index (χ0v) is 15.1. The third-order valence-corrected chi connectivity index (χ3v) is 4.72. The molecule has 0 heterocycles. The fraction of sp³-hybridized carbons (Fsp3) is 0.300. The van der Waals surface area contributed by atoms with Crippen LogP contribution < -0.4 is 5.32 Å². The van der Waals surface area contributed by atoms with Crippen molar-refractivity contribution in [1.82, 2.24) is 5.32 Å². The lowest BCUT2D eigenvalue weighted by Crippen LogP contribution is -2.39. The minimum Gasteiger partial charge on any atom is -0.449 e. The summed E-state index contributed by atoms with van der Waals surface area (Å²) in [6.45, 7) is 1.46. The molecule has 1 amide bonds. The number of fused-ring (bicyclic) bond motifs is 1. The molecule has 0 aliphatic heterocycles. The Balaban J connectivity index is 1.65. The second-order valence-electron chi connectivity index (χ2n) is 6.32. The number of esters is 1. The smallest absolute Gasteiger partial charge is 0.341 e. The van der Waals surface area contributed by atoms with Crippen molar-refractivity contribution in [2.75, 3.05) is 0 Å². The summed E-state index contributed by atoms with van der Waals surface area (Å²) in [6, 6.07) is 11.5. The molecule has 26 heavy (non-hydrogen) atoms. The zero-order chi connectivity index (χ0) is 18.7. The normalized spacial score (nSPS) is 17.1. The average molecular weight is 376 g/mol. The second-order valence-corrected chi connectivity index (χ2v) is 6.76. The van der Waals surface area contributed by atoms with Gasteiger partial charge in [-0.15, -0.1) is 0 Å².